The minimum atomic E-state index is -3.55. The topological polar surface area (TPSA) is 84.5 Å². The molecule has 1 saturated carbocycles. The van der Waals surface area contributed by atoms with Crippen molar-refractivity contribution < 1.29 is 17.9 Å². The van der Waals surface area contributed by atoms with Crippen LogP contribution in [0, 0.1) is 6.92 Å². The van der Waals surface area contributed by atoms with Crippen LogP contribution in [0.5, 0.6) is 5.75 Å². The molecule has 7 heteroatoms. The van der Waals surface area contributed by atoms with Gasteiger partial charge in [0.15, 0.2) is 6.61 Å². The van der Waals surface area contributed by atoms with E-state index in [-0.39, 0.29) is 23.5 Å². The van der Waals surface area contributed by atoms with Crippen LogP contribution in [-0.4, -0.2) is 27.0 Å². The van der Waals surface area contributed by atoms with Crippen LogP contribution in [0.3, 0.4) is 0 Å². The van der Waals surface area contributed by atoms with Crippen LogP contribution < -0.4 is 14.8 Å². The number of amides is 1. The Balaban J connectivity index is 1.56. The van der Waals surface area contributed by atoms with E-state index in [1.54, 1.807) is 12.1 Å². The highest BCUT2D eigenvalue weighted by Crippen LogP contribution is 2.22. The summed E-state index contributed by atoms with van der Waals surface area (Å²) in [6.07, 6.45) is 5.88. The van der Waals surface area contributed by atoms with E-state index >= 15 is 0 Å². The Morgan fingerprint density at radius 3 is 2.43 bits per heavy atom. The summed E-state index contributed by atoms with van der Waals surface area (Å²) in [5.74, 6) is 0.192. The Labute approximate surface area is 179 Å². The van der Waals surface area contributed by atoms with Gasteiger partial charge in [-0.15, -0.1) is 0 Å². The fraction of sp³-hybridized carbons (Fsp3) is 0.435. The summed E-state index contributed by atoms with van der Waals surface area (Å²) in [5, 5.41) is 2.91. The first kappa shape index (κ1) is 22.3. The molecule has 0 aliphatic heterocycles. The number of sulfonamides is 1. The number of nitrogens with one attached hydrogen (secondary N) is 2. The van der Waals surface area contributed by atoms with E-state index in [0.717, 1.165) is 48.9 Å². The monoisotopic (exact) mass is 430 g/mol. The molecule has 1 fully saturated rings. The fourth-order valence-corrected chi connectivity index (χ4v) is 5.05. The number of carbonyl (C=O) groups is 1. The molecule has 0 spiro atoms. The first-order chi connectivity index (χ1) is 14.4. The van der Waals surface area contributed by atoms with E-state index in [1.807, 2.05) is 32.0 Å². The number of benzene rings is 2. The SMILES string of the molecule is CCc1cccc(C)c1NC(=O)COc1ccc(S(=O)(=O)NC2CCCCC2)cc1. The van der Waals surface area contributed by atoms with Crippen LogP contribution in [0.2, 0.25) is 0 Å². The highest BCUT2D eigenvalue weighted by atomic mass is 32.2. The fourth-order valence-electron chi connectivity index (χ4n) is 3.75. The molecule has 2 aromatic rings. The van der Waals surface area contributed by atoms with Gasteiger partial charge in [-0.1, -0.05) is 44.4 Å². The van der Waals surface area contributed by atoms with Crippen molar-refractivity contribution in [3.8, 4) is 5.75 Å². The molecule has 3 rings (SSSR count). The van der Waals surface area contributed by atoms with Gasteiger partial charge in [-0.05, 0) is 61.6 Å². The third-order valence-electron chi connectivity index (χ3n) is 5.44. The lowest BCUT2D eigenvalue weighted by Crippen LogP contribution is -2.36. The van der Waals surface area contributed by atoms with E-state index < -0.39 is 10.0 Å². The average molecular weight is 431 g/mol. The summed E-state index contributed by atoms with van der Waals surface area (Å²) in [6, 6.07) is 12.1. The first-order valence-electron chi connectivity index (χ1n) is 10.5. The van der Waals surface area contributed by atoms with Gasteiger partial charge in [0.25, 0.3) is 5.91 Å². The Morgan fingerprint density at radius 1 is 1.07 bits per heavy atom. The zero-order valence-electron chi connectivity index (χ0n) is 17.6. The Kier molecular flexibility index (Phi) is 7.50. The van der Waals surface area contributed by atoms with Crippen molar-refractivity contribution in [2.75, 3.05) is 11.9 Å². The number of para-hydroxylation sites is 1. The number of carbonyl (C=O) groups excluding carboxylic acids is 1. The summed E-state index contributed by atoms with van der Waals surface area (Å²) < 4.78 is 33.5. The molecule has 6 nitrogen and oxygen atoms in total. The zero-order valence-corrected chi connectivity index (χ0v) is 18.4. The highest BCUT2D eigenvalue weighted by molar-refractivity contribution is 7.89. The van der Waals surface area contributed by atoms with Crippen LogP contribution in [-0.2, 0) is 21.2 Å². The molecule has 30 heavy (non-hydrogen) atoms. The van der Waals surface area contributed by atoms with E-state index in [1.165, 1.54) is 18.6 Å². The number of aryl methyl sites for hydroxylation is 2. The van der Waals surface area contributed by atoms with E-state index in [9.17, 15) is 13.2 Å². The molecule has 0 radical (unpaired) electrons. The van der Waals surface area contributed by atoms with Gasteiger partial charge < -0.3 is 10.1 Å². The maximum Gasteiger partial charge on any atom is 0.262 e. The normalized spacial score (nSPS) is 15.0. The molecule has 162 valence electrons. The number of hydrogen-bond acceptors (Lipinski definition) is 4. The molecule has 0 heterocycles. The van der Waals surface area contributed by atoms with Crippen molar-refractivity contribution in [1.82, 2.24) is 4.72 Å². The minimum absolute atomic E-state index is 0.0119. The van der Waals surface area contributed by atoms with Crippen LogP contribution in [0.15, 0.2) is 47.4 Å². The van der Waals surface area contributed by atoms with Crippen LogP contribution in [0.1, 0.15) is 50.2 Å². The van der Waals surface area contributed by atoms with Crippen molar-refractivity contribution in [2.45, 2.75) is 63.3 Å². The van der Waals surface area contributed by atoms with Gasteiger partial charge in [-0.25, -0.2) is 13.1 Å². The first-order valence-corrected chi connectivity index (χ1v) is 12.0. The molecule has 0 unspecified atom stereocenters. The lowest BCUT2D eigenvalue weighted by molar-refractivity contribution is -0.118. The van der Waals surface area contributed by atoms with Crippen LogP contribution in [0.4, 0.5) is 5.69 Å². The average Bonchev–Trinajstić information content (AvgIpc) is 2.74. The van der Waals surface area contributed by atoms with Crippen molar-refractivity contribution >= 4 is 21.6 Å². The number of hydrogen-bond donors (Lipinski definition) is 2. The lowest BCUT2D eigenvalue weighted by atomic mass is 9.96. The van der Waals surface area contributed by atoms with Gasteiger partial charge in [0.2, 0.25) is 10.0 Å². The Hall–Kier alpha value is -2.38. The molecule has 2 aromatic carbocycles. The minimum Gasteiger partial charge on any atom is -0.484 e. The smallest absolute Gasteiger partial charge is 0.262 e. The third-order valence-corrected chi connectivity index (χ3v) is 6.97. The van der Waals surface area contributed by atoms with Crippen molar-refractivity contribution in [1.29, 1.82) is 0 Å². The summed E-state index contributed by atoms with van der Waals surface area (Å²) in [7, 11) is -3.55. The van der Waals surface area contributed by atoms with Crippen molar-refractivity contribution in [3.05, 3.63) is 53.6 Å². The number of anilines is 1. The van der Waals surface area contributed by atoms with E-state index in [4.69, 9.17) is 4.74 Å². The molecule has 0 saturated heterocycles. The molecule has 1 aliphatic carbocycles. The molecule has 2 N–H and O–H groups in total. The predicted octanol–water partition coefficient (Wildman–Crippen LogP) is 4.19. The molecular formula is C23H30N2O4S. The molecule has 0 atom stereocenters. The summed E-state index contributed by atoms with van der Waals surface area (Å²) in [4.78, 5) is 12.5. The number of rotatable bonds is 8. The Morgan fingerprint density at radius 2 is 1.77 bits per heavy atom. The molecular weight excluding hydrogens is 400 g/mol. The second kappa shape index (κ2) is 10.1. The highest BCUT2D eigenvalue weighted by Gasteiger charge is 2.21. The Bertz CT molecular complexity index is 965. The summed E-state index contributed by atoms with van der Waals surface area (Å²) in [6.45, 7) is 3.85. The summed E-state index contributed by atoms with van der Waals surface area (Å²) in [5.41, 5.74) is 2.90. The largest absolute Gasteiger partial charge is 0.484 e. The van der Waals surface area contributed by atoms with Gasteiger partial charge in [0.1, 0.15) is 5.75 Å². The van der Waals surface area contributed by atoms with Gasteiger partial charge in [0.05, 0.1) is 4.90 Å². The number of ether oxygens (including phenoxy) is 1. The maximum atomic E-state index is 12.6. The molecule has 0 bridgehead atoms. The standard InChI is InChI=1S/C23H30N2O4S/c1-3-18-9-7-8-17(2)23(18)24-22(26)16-29-20-12-14-21(15-13-20)30(27,28)25-19-10-5-4-6-11-19/h7-9,12-15,19,25H,3-6,10-11,16H2,1-2H3,(H,24,26). The van der Waals surface area contributed by atoms with Gasteiger partial charge >= 0.3 is 0 Å². The van der Waals surface area contributed by atoms with Crippen molar-refractivity contribution in [3.63, 3.8) is 0 Å². The van der Waals surface area contributed by atoms with E-state index in [0.29, 0.717) is 5.75 Å². The molecule has 1 amide bonds. The third kappa shape index (κ3) is 5.83. The maximum absolute atomic E-state index is 12.6. The van der Waals surface area contributed by atoms with Gasteiger partial charge in [-0.3, -0.25) is 4.79 Å². The second-order valence-electron chi connectivity index (χ2n) is 7.73. The quantitative estimate of drug-likeness (QED) is 0.658. The van der Waals surface area contributed by atoms with E-state index in [2.05, 4.69) is 10.0 Å². The second-order valence-corrected chi connectivity index (χ2v) is 9.44. The van der Waals surface area contributed by atoms with Gasteiger partial charge in [-0.2, -0.15) is 0 Å². The van der Waals surface area contributed by atoms with Crippen LogP contribution >= 0.6 is 0 Å². The van der Waals surface area contributed by atoms with Crippen molar-refractivity contribution in [2.24, 2.45) is 0 Å². The zero-order chi connectivity index (χ0) is 21.6. The summed E-state index contributed by atoms with van der Waals surface area (Å²) >= 11 is 0. The van der Waals surface area contributed by atoms with Gasteiger partial charge in [0, 0.05) is 11.7 Å². The lowest BCUT2D eigenvalue weighted by Gasteiger charge is -2.22. The predicted molar refractivity (Wildman–Crippen MR) is 118 cm³/mol. The molecule has 0 aromatic heterocycles. The molecule has 1 aliphatic rings. The van der Waals surface area contributed by atoms with Crippen LogP contribution in [0.25, 0.3) is 0 Å².